The fourth-order valence-electron chi connectivity index (χ4n) is 4.02. The van der Waals surface area contributed by atoms with Crippen LogP contribution in [0.4, 0.5) is 17.3 Å². The minimum atomic E-state index is -0.594. The van der Waals surface area contributed by atoms with Crippen LogP contribution in [0.1, 0.15) is 28.3 Å². The van der Waals surface area contributed by atoms with E-state index in [2.05, 4.69) is 30.2 Å². The molecule has 33 heavy (non-hydrogen) atoms. The number of hydrogen-bond acceptors (Lipinski definition) is 9. The molecule has 1 unspecified atom stereocenters. The van der Waals surface area contributed by atoms with Crippen molar-refractivity contribution in [2.45, 2.75) is 12.6 Å². The lowest BCUT2D eigenvalue weighted by Gasteiger charge is -2.26. The highest BCUT2D eigenvalue weighted by molar-refractivity contribution is 5.98. The third-order valence-electron chi connectivity index (χ3n) is 5.55. The molecule has 0 fully saturated rings. The lowest BCUT2D eigenvalue weighted by Crippen LogP contribution is -2.32. The maximum absolute atomic E-state index is 9.51. The Balaban J connectivity index is 1.65. The van der Waals surface area contributed by atoms with Crippen LogP contribution in [-0.4, -0.2) is 20.5 Å². The Morgan fingerprint density at radius 2 is 2.06 bits per heavy atom. The highest BCUT2D eigenvalue weighted by atomic mass is 15.2. The van der Waals surface area contributed by atoms with E-state index in [0.717, 1.165) is 22.0 Å². The minimum absolute atomic E-state index is 0.0130. The molecule has 5 rings (SSSR count). The molecule has 1 atom stereocenters. The van der Waals surface area contributed by atoms with E-state index in [0.29, 0.717) is 17.9 Å². The van der Waals surface area contributed by atoms with Gasteiger partial charge in [0, 0.05) is 36.2 Å². The molecular formula is C23H18N10. The van der Waals surface area contributed by atoms with Gasteiger partial charge in [0.1, 0.15) is 29.3 Å². The molecule has 160 valence electrons. The van der Waals surface area contributed by atoms with Crippen LogP contribution in [0.2, 0.25) is 0 Å². The first kappa shape index (κ1) is 19.8. The number of guanidine groups is 1. The van der Waals surface area contributed by atoms with Crippen molar-refractivity contribution in [3.05, 3.63) is 77.2 Å². The first-order valence-corrected chi connectivity index (χ1v) is 10.1. The number of aromatic nitrogens is 3. The fraction of sp³-hybridized carbons (Fsp3) is 0.0870. The van der Waals surface area contributed by atoms with E-state index in [1.165, 1.54) is 0 Å². The predicted molar refractivity (Wildman–Crippen MR) is 125 cm³/mol. The SMILES string of the molecule is N#CNC1=NC(c2ccc3ccn(Cc4cccnc4)c3c2)c2c(nc(N)c(C#N)c2N)N1. The van der Waals surface area contributed by atoms with Gasteiger partial charge in [-0.1, -0.05) is 18.2 Å². The molecule has 1 aliphatic rings. The van der Waals surface area contributed by atoms with Gasteiger partial charge in [-0.25, -0.2) is 9.98 Å². The Hall–Kier alpha value is -5.09. The van der Waals surface area contributed by atoms with Crippen molar-refractivity contribution in [3.8, 4) is 12.3 Å². The molecule has 3 aromatic heterocycles. The number of anilines is 3. The van der Waals surface area contributed by atoms with Crippen LogP contribution in [0.15, 0.2) is 60.0 Å². The number of nitriles is 2. The number of nitrogens with two attached hydrogens (primary N) is 2. The standard InChI is InChI=1S/C23H18N10/c24-9-16-19(26)18-20(30-23(29-12-25)32-22(18)31-21(16)27)15-4-3-14-5-7-33(17(14)8-15)11-13-2-1-6-28-10-13/h1-8,10,20H,11H2,(H6,26,27,29,30,31,32). The number of pyridine rings is 2. The molecule has 0 bridgehead atoms. The summed E-state index contributed by atoms with van der Waals surface area (Å²) in [4.78, 5) is 13.1. The molecule has 6 N–H and O–H groups in total. The Kier molecular flexibility index (Phi) is 4.73. The highest BCUT2D eigenvalue weighted by Gasteiger charge is 2.29. The van der Waals surface area contributed by atoms with Gasteiger partial charge in [0.05, 0.1) is 5.69 Å². The highest BCUT2D eigenvalue weighted by Crippen LogP contribution is 2.41. The second kappa shape index (κ2) is 7.87. The van der Waals surface area contributed by atoms with Crippen molar-refractivity contribution >= 4 is 34.2 Å². The van der Waals surface area contributed by atoms with Gasteiger partial charge in [0.15, 0.2) is 6.19 Å². The molecule has 0 saturated carbocycles. The third kappa shape index (κ3) is 3.42. The summed E-state index contributed by atoms with van der Waals surface area (Å²) in [5.41, 5.74) is 16.0. The van der Waals surface area contributed by atoms with E-state index in [-0.39, 0.29) is 23.0 Å². The summed E-state index contributed by atoms with van der Waals surface area (Å²) >= 11 is 0. The van der Waals surface area contributed by atoms with Gasteiger partial charge in [0.2, 0.25) is 5.96 Å². The summed E-state index contributed by atoms with van der Waals surface area (Å²) < 4.78 is 2.13. The molecule has 0 spiro atoms. The van der Waals surface area contributed by atoms with Gasteiger partial charge in [-0.15, -0.1) is 0 Å². The number of nitrogens with one attached hydrogen (secondary N) is 2. The maximum atomic E-state index is 9.51. The first-order valence-electron chi connectivity index (χ1n) is 10.1. The van der Waals surface area contributed by atoms with E-state index in [1.54, 1.807) is 6.20 Å². The topological polar surface area (TPSA) is 167 Å². The second-order valence-corrected chi connectivity index (χ2v) is 7.53. The zero-order valence-electron chi connectivity index (χ0n) is 17.3. The van der Waals surface area contributed by atoms with Crippen molar-refractivity contribution in [3.63, 3.8) is 0 Å². The molecule has 0 radical (unpaired) electrons. The van der Waals surface area contributed by atoms with E-state index < -0.39 is 6.04 Å². The third-order valence-corrected chi connectivity index (χ3v) is 5.55. The van der Waals surface area contributed by atoms with E-state index in [4.69, 9.17) is 16.7 Å². The Morgan fingerprint density at radius 1 is 1.18 bits per heavy atom. The van der Waals surface area contributed by atoms with Crippen molar-refractivity contribution in [2.24, 2.45) is 4.99 Å². The molecule has 10 nitrogen and oxygen atoms in total. The van der Waals surface area contributed by atoms with E-state index >= 15 is 0 Å². The van der Waals surface area contributed by atoms with E-state index in [1.807, 2.05) is 61.1 Å². The molecule has 4 heterocycles. The van der Waals surface area contributed by atoms with Gasteiger partial charge in [-0.2, -0.15) is 10.5 Å². The average Bonchev–Trinajstić information content (AvgIpc) is 3.21. The van der Waals surface area contributed by atoms with Gasteiger partial charge in [-0.3, -0.25) is 10.3 Å². The summed E-state index contributed by atoms with van der Waals surface area (Å²) in [6.45, 7) is 0.660. The first-order chi connectivity index (χ1) is 16.1. The van der Waals surface area contributed by atoms with Crippen molar-refractivity contribution in [1.29, 1.82) is 10.5 Å². The molecule has 0 saturated heterocycles. The molecule has 0 aliphatic carbocycles. The number of benzene rings is 1. The molecule has 10 heteroatoms. The smallest absolute Gasteiger partial charge is 0.211 e. The van der Waals surface area contributed by atoms with Crippen LogP contribution < -0.4 is 22.1 Å². The van der Waals surface area contributed by atoms with Crippen LogP contribution in [0.5, 0.6) is 0 Å². The van der Waals surface area contributed by atoms with Gasteiger partial charge in [-0.05, 0) is 34.7 Å². The monoisotopic (exact) mass is 434 g/mol. The van der Waals surface area contributed by atoms with Crippen LogP contribution in [0.3, 0.4) is 0 Å². The summed E-state index contributed by atoms with van der Waals surface area (Å²) in [6, 6.07) is 13.4. The summed E-state index contributed by atoms with van der Waals surface area (Å²) in [7, 11) is 0. The van der Waals surface area contributed by atoms with Crippen molar-refractivity contribution in [2.75, 3.05) is 16.8 Å². The largest absolute Gasteiger partial charge is 0.397 e. The van der Waals surface area contributed by atoms with E-state index in [9.17, 15) is 5.26 Å². The number of nitrogens with zero attached hydrogens (tertiary/aromatic N) is 6. The Morgan fingerprint density at radius 3 is 2.82 bits per heavy atom. The van der Waals surface area contributed by atoms with Crippen molar-refractivity contribution < 1.29 is 0 Å². The summed E-state index contributed by atoms with van der Waals surface area (Å²) in [5, 5.41) is 25.1. The molecule has 4 aromatic rings. The Bertz CT molecular complexity index is 1490. The number of nitrogen functional groups attached to an aromatic ring is 2. The van der Waals surface area contributed by atoms with Gasteiger partial charge in [0.25, 0.3) is 0 Å². The molecular weight excluding hydrogens is 416 g/mol. The van der Waals surface area contributed by atoms with Crippen molar-refractivity contribution in [1.82, 2.24) is 19.9 Å². The Labute approximate surface area is 188 Å². The fourth-order valence-corrected chi connectivity index (χ4v) is 4.02. The molecule has 1 aliphatic heterocycles. The van der Waals surface area contributed by atoms with Crippen LogP contribution in [-0.2, 0) is 6.54 Å². The van der Waals surface area contributed by atoms with Gasteiger partial charge < -0.3 is 21.4 Å². The average molecular weight is 434 g/mol. The summed E-state index contributed by atoms with van der Waals surface area (Å²) in [6.07, 6.45) is 7.46. The van der Waals surface area contributed by atoms with Gasteiger partial charge >= 0.3 is 0 Å². The number of rotatable bonds is 3. The summed E-state index contributed by atoms with van der Waals surface area (Å²) in [5.74, 6) is 0.587. The number of hydrogen-bond donors (Lipinski definition) is 4. The molecule has 1 aromatic carbocycles. The maximum Gasteiger partial charge on any atom is 0.211 e. The zero-order valence-corrected chi connectivity index (χ0v) is 17.3. The number of aliphatic imine (C=N–C) groups is 1. The lowest BCUT2D eigenvalue weighted by molar-refractivity contribution is 0.823. The lowest BCUT2D eigenvalue weighted by atomic mass is 9.94. The van der Waals surface area contributed by atoms with Crippen LogP contribution in [0, 0.1) is 22.8 Å². The van der Waals surface area contributed by atoms with Crippen LogP contribution in [0.25, 0.3) is 10.9 Å². The van der Waals surface area contributed by atoms with Crippen LogP contribution >= 0.6 is 0 Å². The molecule has 0 amide bonds. The predicted octanol–water partition coefficient (Wildman–Crippen LogP) is 2.46. The normalized spacial score (nSPS) is 14.5. The zero-order chi connectivity index (χ0) is 22.9. The minimum Gasteiger partial charge on any atom is -0.397 e. The second-order valence-electron chi connectivity index (χ2n) is 7.53. The number of fused-ring (bicyclic) bond motifs is 2. The quantitative estimate of drug-likeness (QED) is 0.282.